The summed E-state index contributed by atoms with van der Waals surface area (Å²) in [6.45, 7) is 4.25. The molecule has 1 heterocycles. The van der Waals surface area contributed by atoms with Crippen LogP contribution < -0.4 is 10.1 Å². The van der Waals surface area contributed by atoms with Gasteiger partial charge in [-0.3, -0.25) is 4.79 Å². The van der Waals surface area contributed by atoms with E-state index < -0.39 is 5.60 Å². The highest BCUT2D eigenvalue weighted by Gasteiger charge is 2.42. The first-order valence-electron chi connectivity index (χ1n) is 8.05. The van der Waals surface area contributed by atoms with Crippen molar-refractivity contribution in [3.05, 3.63) is 59.1 Å². The van der Waals surface area contributed by atoms with Crippen LogP contribution in [0.15, 0.2) is 53.7 Å². The minimum atomic E-state index is -1.05. The summed E-state index contributed by atoms with van der Waals surface area (Å²) in [5, 5.41) is 7.60. The van der Waals surface area contributed by atoms with Crippen molar-refractivity contribution in [2.24, 2.45) is 5.16 Å². The van der Waals surface area contributed by atoms with Gasteiger partial charge in [0.15, 0.2) is 0 Å². The van der Waals surface area contributed by atoms with E-state index in [0.29, 0.717) is 23.7 Å². The summed E-state index contributed by atoms with van der Waals surface area (Å²) < 4.78 is 5.39. The van der Waals surface area contributed by atoms with Crippen molar-refractivity contribution in [2.45, 2.75) is 25.9 Å². The van der Waals surface area contributed by atoms with Crippen LogP contribution >= 0.6 is 11.6 Å². The van der Waals surface area contributed by atoms with E-state index in [2.05, 4.69) is 10.5 Å². The number of carbonyl (C=O) groups is 1. The predicted molar refractivity (Wildman–Crippen MR) is 98.3 cm³/mol. The van der Waals surface area contributed by atoms with Gasteiger partial charge in [-0.05, 0) is 55.8 Å². The van der Waals surface area contributed by atoms with E-state index in [1.54, 1.807) is 31.2 Å². The van der Waals surface area contributed by atoms with Crippen LogP contribution in [0.25, 0.3) is 0 Å². The quantitative estimate of drug-likeness (QED) is 0.868. The summed E-state index contributed by atoms with van der Waals surface area (Å²) in [5.74, 6) is 0.515. The van der Waals surface area contributed by atoms with Gasteiger partial charge in [0, 0.05) is 17.1 Å². The lowest BCUT2D eigenvalue weighted by Crippen LogP contribution is -2.40. The van der Waals surface area contributed by atoms with Crippen LogP contribution in [0.3, 0.4) is 0 Å². The standard InChI is InChI=1S/C19H19ClN2O3/c1-3-24-16-10-8-15(9-11-16)21-18(23)19(2)12-17(22-25-19)13-4-6-14(20)7-5-13/h4-11H,3,12H2,1-2H3,(H,21,23). The number of ether oxygens (including phenoxy) is 1. The Kier molecular flexibility index (Phi) is 4.95. The molecule has 0 fully saturated rings. The molecular formula is C19H19ClN2O3. The topological polar surface area (TPSA) is 59.9 Å². The molecule has 130 valence electrons. The van der Waals surface area contributed by atoms with Crippen molar-refractivity contribution in [3.8, 4) is 5.75 Å². The molecule has 1 unspecified atom stereocenters. The van der Waals surface area contributed by atoms with Crippen molar-refractivity contribution in [1.82, 2.24) is 0 Å². The maximum absolute atomic E-state index is 12.6. The van der Waals surface area contributed by atoms with E-state index in [1.807, 2.05) is 31.2 Å². The first-order valence-corrected chi connectivity index (χ1v) is 8.43. The first kappa shape index (κ1) is 17.3. The Morgan fingerprint density at radius 3 is 2.56 bits per heavy atom. The highest BCUT2D eigenvalue weighted by Crippen LogP contribution is 2.29. The lowest BCUT2D eigenvalue weighted by molar-refractivity contribution is -0.135. The van der Waals surface area contributed by atoms with Crippen molar-refractivity contribution in [2.75, 3.05) is 11.9 Å². The van der Waals surface area contributed by atoms with Gasteiger partial charge < -0.3 is 14.9 Å². The second kappa shape index (κ2) is 7.15. The first-order chi connectivity index (χ1) is 12.0. The highest BCUT2D eigenvalue weighted by molar-refractivity contribution is 6.30. The van der Waals surface area contributed by atoms with Crippen molar-refractivity contribution < 1.29 is 14.4 Å². The number of anilines is 1. The van der Waals surface area contributed by atoms with E-state index in [9.17, 15) is 4.79 Å². The van der Waals surface area contributed by atoms with Gasteiger partial charge in [-0.2, -0.15) is 0 Å². The van der Waals surface area contributed by atoms with Gasteiger partial charge in [-0.15, -0.1) is 0 Å². The lowest BCUT2D eigenvalue weighted by atomic mass is 9.95. The van der Waals surface area contributed by atoms with Crippen LogP contribution in [-0.4, -0.2) is 23.8 Å². The van der Waals surface area contributed by atoms with E-state index in [1.165, 1.54) is 0 Å². The number of benzene rings is 2. The molecule has 0 aliphatic carbocycles. The molecule has 0 saturated heterocycles. The van der Waals surface area contributed by atoms with Crippen LogP contribution in [0.5, 0.6) is 5.75 Å². The molecule has 25 heavy (non-hydrogen) atoms. The van der Waals surface area contributed by atoms with Crippen molar-refractivity contribution >= 4 is 28.9 Å². The largest absolute Gasteiger partial charge is 0.494 e. The van der Waals surface area contributed by atoms with Crippen LogP contribution in [0.1, 0.15) is 25.8 Å². The summed E-state index contributed by atoms with van der Waals surface area (Å²) in [6, 6.07) is 14.5. The molecule has 0 spiro atoms. The molecule has 1 atom stereocenters. The molecule has 1 aliphatic rings. The molecule has 0 saturated carbocycles. The van der Waals surface area contributed by atoms with E-state index in [0.717, 1.165) is 17.0 Å². The van der Waals surface area contributed by atoms with E-state index in [4.69, 9.17) is 21.2 Å². The molecule has 0 bridgehead atoms. The minimum Gasteiger partial charge on any atom is -0.494 e. The zero-order valence-electron chi connectivity index (χ0n) is 14.1. The number of carbonyl (C=O) groups excluding carboxylic acids is 1. The molecule has 6 heteroatoms. The Labute approximate surface area is 151 Å². The second-order valence-electron chi connectivity index (χ2n) is 5.96. The fourth-order valence-electron chi connectivity index (χ4n) is 2.52. The van der Waals surface area contributed by atoms with Crippen LogP contribution in [0, 0.1) is 0 Å². The number of oxime groups is 1. The van der Waals surface area contributed by atoms with E-state index in [-0.39, 0.29) is 5.91 Å². The molecule has 2 aromatic rings. The van der Waals surface area contributed by atoms with Crippen molar-refractivity contribution in [1.29, 1.82) is 0 Å². The third kappa shape index (κ3) is 3.94. The molecular weight excluding hydrogens is 340 g/mol. The Bertz CT molecular complexity index is 787. The fourth-order valence-corrected chi connectivity index (χ4v) is 2.65. The maximum Gasteiger partial charge on any atom is 0.271 e. The smallest absolute Gasteiger partial charge is 0.271 e. The summed E-state index contributed by atoms with van der Waals surface area (Å²) in [5.41, 5.74) is 1.24. The molecule has 5 nitrogen and oxygen atoms in total. The van der Waals surface area contributed by atoms with Crippen LogP contribution in [0.4, 0.5) is 5.69 Å². The zero-order chi connectivity index (χ0) is 17.9. The number of rotatable bonds is 5. The number of nitrogens with zero attached hydrogens (tertiary/aromatic N) is 1. The van der Waals surface area contributed by atoms with Crippen LogP contribution in [0.2, 0.25) is 5.02 Å². The van der Waals surface area contributed by atoms with Gasteiger partial charge in [-0.25, -0.2) is 0 Å². The molecule has 1 amide bonds. The SMILES string of the molecule is CCOc1ccc(NC(=O)C2(C)CC(c3ccc(Cl)cc3)=NO2)cc1. The zero-order valence-corrected chi connectivity index (χ0v) is 14.8. The summed E-state index contributed by atoms with van der Waals surface area (Å²) in [7, 11) is 0. The molecule has 3 rings (SSSR count). The number of amides is 1. The maximum atomic E-state index is 12.6. The normalized spacial score (nSPS) is 19.1. The van der Waals surface area contributed by atoms with Gasteiger partial charge in [0.1, 0.15) is 5.75 Å². The number of hydrogen-bond donors (Lipinski definition) is 1. The number of nitrogens with one attached hydrogen (secondary N) is 1. The third-order valence-corrected chi connectivity index (χ3v) is 4.20. The Hall–Kier alpha value is -2.53. The lowest BCUT2D eigenvalue weighted by Gasteiger charge is -2.20. The van der Waals surface area contributed by atoms with Gasteiger partial charge in [0.25, 0.3) is 5.91 Å². The second-order valence-corrected chi connectivity index (χ2v) is 6.39. The predicted octanol–water partition coefficient (Wildman–Crippen LogP) is 4.26. The average molecular weight is 359 g/mol. The van der Waals surface area contributed by atoms with Gasteiger partial charge in [0.2, 0.25) is 5.60 Å². The molecule has 0 radical (unpaired) electrons. The minimum absolute atomic E-state index is 0.246. The molecule has 1 N–H and O–H groups in total. The van der Waals surface area contributed by atoms with Crippen molar-refractivity contribution in [3.63, 3.8) is 0 Å². The fraction of sp³-hybridized carbons (Fsp3) is 0.263. The third-order valence-electron chi connectivity index (χ3n) is 3.94. The Balaban J connectivity index is 1.65. The number of halogens is 1. The summed E-state index contributed by atoms with van der Waals surface area (Å²) in [6.07, 6.45) is 0.386. The van der Waals surface area contributed by atoms with Crippen LogP contribution in [-0.2, 0) is 9.63 Å². The number of hydrogen-bond acceptors (Lipinski definition) is 4. The molecule has 1 aliphatic heterocycles. The molecule has 0 aromatic heterocycles. The Morgan fingerprint density at radius 1 is 1.24 bits per heavy atom. The van der Waals surface area contributed by atoms with Gasteiger partial charge in [0.05, 0.1) is 12.3 Å². The Morgan fingerprint density at radius 2 is 1.92 bits per heavy atom. The highest BCUT2D eigenvalue weighted by atomic mass is 35.5. The monoisotopic (exact) mass is 358 g/mol. The van der Waals surface area contributed by atoms with Gasteiger partial charge in [-0.1, -0.05) is 28.9 Å². The summed E-state index contributed by atoms with van der Waals surface area (Å²) >= 11 is 5.90. The average Bonchev–Trinajstić information content (AvgIpc) is 3.01. The van der Waals surface area contributed by atoms with Gasteiger partial charge >= 0.3 is 0 Å². The van der Waals surface area contributed by atoms with E-state index >= 15 is 0 Å². The summed E-state index contributed by atoms with van der Waals surface area (Å²) in [4.78, 5) is 18.1. The molecule has 2 aromatic carbocycles.